The smallest absolute Gasteiger partial charge is 0.239 e. The molecule has 2 fully saturated rings. The zero-order chi connectivity index (χ0) is 14.9. The van der Waals surface area contributed by atoms with Crippen molar-refractivity contribution in [2.45, 2.75) is 37.6 Å². The van der Waals surface area contributed by atoms with Gasteiger partial charge in [0.05, 0.1) is 12.0 Å². The molecule has 1 aliphatic carbocycles. The highest BCUT2D eigenvalue weighted by molar-refractivity contribution is 6.30. The van der Waals surface area contributed by atoms with Crippen molar-refractivity contribution >= 4 is 23.4 Å². The number of rotatable bonds is 2. The molecule has 0 radical (unpaired) electrons. The number of nitrogens with one attached hydrogen (secondary N) is 1. The van der Waals surface area contributed by atoms with Crippen LogP contribution in [0.1, 0.15) is 31.2 Å². The second-order valence-electron chi connectivity index (χ2n) is 5.99. The Balaban J connectivity index is 1.77. The van der Waals surface area contributed by atoms with Gasteiger partial charge in [0.15, 0.2) is 0 Å². The highest BCUT2D eigenvalue weighted by atomic mass is 35.5. The summed E-state index contributed by atoms with van der Waals surface area (Å²) in [6, 6.07) is 7.31. The molecule has 0 aromatic heterocycles. The molecular formula is C16H19ClN2O2. The largest absolute Gasteiger partial charge is 0.352 e. The fraction of sp³-hybridized carbons (Fsp3) is 0.500. The van der Waals surface area contributed by atoms with Crippen molar-refractivity contribution in [1.82, 2.24) is 10.2 Å². The summed E-state index contributed by atoms with van der Waals surface area (Å²) in [4.78, 5) is 26.2. The normalized spacial score (nSPS) is 20.6. The first-order chi connectivity index (χ1) is 10.1. The van der Waals surface area contributed by atoms with E-state index in [1.54, 1.807) is 12.1 Å². The summed E-state index contributed by atoms with van der Waals surface area (Å²) in [7, 11) is 0. The van der Waals surface area contributed by atoms with Gasteiger partial charge in [0.1, 0.15) is 6.54 Å². The molecule has 1 spiro atoms. The highest BCUT2D eigenvalue weighted by Gasteiger charge is 2.45. The molecule has 1 saturated heterocycles. The maximum absolute atomic E-state index is 12.7. The molecule has 0 bridgehead atoms. The monoisotopic (exact) mass is 306 g/mol. The maximum Gasteiger partial charge on any atom is 0.239 e. The SMILES string of the molecule is O=C1CN(C(=O)Cc2ccc(Cl)cc2)C2(CCCC2)CN1. The molecule has 2 amide bonds. The lowest BCUT2D eigenvalue weighted by Gasteiger charge is -2.44. The number of benzene rings is 1. The van der Waals surface area contributed by atoms with E-state index in [2.05, 4.69) is 5.32 Å². The zero-order valence-corrected chi connectivity index (χ0v) is 12.7. The number of carbonyl (C=O) groups excluding carboxylic acids is 2. The Morgan fingerprint density at radius 3 is 2.57 bits per heavy atom. The van der Waals surface area contributed by atoms with Crippen LogP contribution in [-0.4, -0.2) is 35.3 Å². The van der Waals surface area contributed by atoms with Gasteiger partial charge in [-0.2, -0.15) is 0 Å². The van der Waals surface area contributed by atoms with E-state index >= 15 is 0 Å². The molecule has 1 saturated carbocycles. The van der Waals surface area contributed by atoms with Gasteiger partial charge in [-0.25, -0.2) is 0 Å². The van der Waals surface area contributed by atoms with Crippen molar-refractivity contribution in [3.8, 4) is 0 Å². The number of piperazine rings is 1. The standard InChI is InChI=1S/C16H19ClN2O2/c17-13-5-3-12(4-6-13)9-15(21)19-10-14(20)18-11-16(19)7-1-2-8-16/h3-6H,1-2,7-11H2,(H,18,20). The highest BCUT2D eigenvalue weighted by Crippen LogP contribution is 2.36. The Morgan fingerprint density at radius 1 is 1.24 bits per heavy atom. The van der Waals surface area contributed by atoms with E-state index in [9.17, 15) is 9.59 Å². The molecule has 21 heavy (non-hydrogen) atoms. The first-order valence-corrected chi connectivity index (χ1v) is 7.78. The lowest BCUT2D eigenvalue weighted by Crippen LogP contribution is -2.64. The second-order valence-corrected chi connectivity index (χ2v) is 6.43. The summed E-state index contributed by atoms with van der Waals surface area (Å²) in [5.74, 6) is -0.0222. The van der Waals surface area contributed by atoms with Gasteiger partial charge in [-0.3, -0.25) is 9.59 Å². The Kier molecular flexibility index (Phi) is 3.89. The lowest BCUT2D eigenvalue weighted by molar-refractivity contribution is -0.146. The summed E-state index contributed by atoms with van der Waals surface area (Å²) < 4.78 is 0. The molecule has 1 aromatic rings. The van der Waals surface area contributed by atoms with Crippen LogP contribution in [0.5, 0.6) is 0 Å². The van der Waals surface area contributed by atoms with E-state index in [0.29, 0.717) is 18.0 Å². The molecule has 1 aromatic carbocycles. The van der Waals surface area contributed by atoms with E-state index in [0.717, 1.165) is 31.2 Å². The van der Waals surface area contributed by atoms with E-state index in [-0.39, 0.29) is 23.9 Å². The van der Waals surface area contributed by atoms with Crippen molar-refractivity contribution < 1.29 is 9.59 Å². The van der Waals surface area contributed by atoms with E-state index in [1.165, 1.54) is 0 Å². The van der Waals surface area contributed by atoms with Gasteiger partial charge in [0.2, 0.25) is 11.8 Å². The summed E-state index contributed by atoms with van der Waals surface area (Å²) >= 11 is 5.87. The number of amides is 2. The first-order valence-electron chi connectivity index (χ1n) is 7.41. The van der Waals surface area contributed by atoms with Gasteiger partial charge in [0.25, 0.3) is 0 Å². The number of hydrogen-bond acceptors (Lipinski definition) is 2. The van der Waals surface area contributed by atoms with Gasteiger partial charge < -0.3 is 10.2 Å². The van der Waals surface area contributed by atoms with Crippen molar-refractivity contribution in [3.05, 3.63) is 34.9 Å². The third-order valence-corrected chi connectivity index (χ3v) is 4.84. The summed E-state index contributed by atoms with van der Waals surface area (Å²) in [5, 5.41) is 3.58. The number of nitrogens with zero attached hydrogens (tertiary/aromatic N) is 1. The van der Waals surface area contributed by atoms with Crippen molar-refractivity contribution in [1.29, 1.82) is 0 Å². The number of hydrogen-bond donors (Lipinski definition) is 1. The molecule has 0 atom stereocenters. The Labute approximate surface area is 129 Å². The van der Waals surface area contributed by atoms with Gasteiger partial charge in [-0.15, -0.1) is 0 Å². The molecule has 1 aliphatic heterocycles. The third-order valence-electron chi connectivity index (χ3n) is 4.59. The van der Waals surface area contributed by atoms with Gasteiger partial charge in [-0.1, -0.05) is 36.6 Å². The van der Waals surface area contributed by atoms with Crippen molar-refractivity contribution in [2.24, 2.45) is 0 Å². The fourth-order valence-electron chi connectivity index (χ4n) is 3.43. The van der Waals surface area contributed by atoms with Crippen molar-refractivity contribution in [3.63, 3.8) is 0 Å². The van der Waals surface area contributed by atoms with Crippen LogP contribution < -0.4 is 5.32 Å². The molecule has 112 valence electrons. The summed E-state index contributed by atoms with van der Waals surface area (Å²) in [6.07, 6.45) is 4.55. The summed E-state index contributed by atoms with van der Waals surface area (Å²) in [6.45, 7) is 0.782. The number of carbonyl (C=O) groups is 2. The zero-order valence-electron chi connectivity index (χ0n) is 11.9. The van der Waals surface area contributed by atoms with E-state index in [1.807, 2.05) is 17.0 Å². The quantitative estimate of drug-likeness (QED) is 0.910. The molecule has 4 nitrogen and oxygen atoms in total. The van der Waals surface area contributed by atoms with E-state index < -0.39 is 0 Å². The predicted molar refractivity (Wildman–Crippen MR) is 81.1 cm³/mol. The minimum Gasteiger partial charge on any atom is -0.352 e. The second kappa shape index (κ2) is 5.68. The van der Waals surface area contributed by atoms with Crippen LogP contribution >= 0.6 is 11.6 Å². The first kappa shape index (κ1) is 14.4. The van der Waals surface area contributed by atoms with Crippen LogP contribution in [0.4, 0.5) is 0 Å². The Bertz CT molecular complexity index is 550. The van der Waals surface area contributed by atoms with Crippen LogP contribution in [0.2, 0.25) is 5.02 Å². The maximum atomic E-state index is 12.7. The molecule has 1 heterocycles. The predicted octanol–water partition coefficient (Wildman–Crippen LogP) is 2.15. The molecule has 3 rings (SSSR count). The number of halogens is 1. The molecule has 0 unspecified atom stereocenters. The van der Waals surface area contributed by atoms with Crippen LogP contribution in [0, 0.1) is 0 Å². The van der Waals surface area contributed by atoms with Gasteiger partial charge >= 0.3 is 0 Å². The average molecular weight is 307 g/mol. The Morgan fingerprint density at radius 2 is 1.90 bits per heavy atom. The lowest BCUT2D eigenvalue weighted by atomic mass is 9.91. The third kappa shape index (κ3) is 2.91. The van der Waals surface area contributed by atoms with Crippen molar-refractivity contribution in [2.75, 3.05) is 13.1 Å². The van der Waals surface area contributed by atoms with Crippen LogP contribution in [0.15, 0.2) is 24.3 Å². The van der Waals surface area contributed by atoms with Crippen LogP contribution in [0.25, 0.3) is 0 Å². The van der Waals surface area contributed by atoms with Crippen LogP contribution in [-0.2, 0) is 16.0 Å². The molecular weight excluding hydrogens is 288 g/mol. The summed E-state index contributed by atoms with van der Waals surface area (Å²) in [5.41, 5.74) is 0.778. The average Bonchev–Trinajstić information content (AvgIpc) is 2.93. The molecule has 1 N–H and O–H groups in total. The minimum absolute atomic E-state index is 0.0362. The molecule has 5 heteroatoms. The minimum atomic E-state index is -0.155. The van der Waals surface area contributed by atoms with Gasteiger partial charge in [0, 0.05) is 11.6 Å². The molecule has 2 aliphatic rings. The Hall–Kier alpha value is -1.55. The van der Waals surface area contributed by atoms with E-state index in [4.69, 9.17) is 11.6 Å². The van der Waals surface area contributed by atoms with Gasteiger partial charge in [-0.05, 0) is 30.5 Å². The fourth-order valence-corrected chi connectivity index (χ4v) is 3.56. The van der Waals surface area contributed by atoms with Crippen LogP contribution in [0.3, 0.4) is 0 Å². The topological polar surface area (TPSA) is 49.4 Å².